The van der Waals surface area contributed by atoms with Gasteiger partial charge in [0, 0.05) is 38.4 Å². The fourth-order valence-electron chi connectivity index (χ4n) is 9.42. The van der Waals surface area contributed by atoms with E-state index in [0.29, 0.717) is 15.6 Å². The topological polar surface area (TPSA) is 39.3 Å². The van der Waals surface area contributed by atoms with Crippen LogP contribution in [0.3, 0.4) is 0 Å². The molecule has 0 radical (unpaired) electrons. The van der Waals surface area contributed by atoms with Crippen LogP contribution in [0.25, 0.3) is 81.8 Å². The maximum Gasteiger partial charge on any atom is 0.134 e. The van der Waals surface area contributed by atoms with Gasteiger partial charge in [-0.15, -0.1) is 0 Å². The second-order valence-electron chi connectivity index (χ2n) is 15.1. The zero-order valence-corrected chi connectivity index (χ0v) is 32.7. The molecule has 59 heavy (non-hydrogen) atoms. The van der Waals surface area contributed by atoms with Gasteiger partial charge in [0.25, 0.3) is 0 Å². The molecule has 0 aliphatic carbocycles. The molecule has 9 aromatic carbocycles. The molecule has 2 aromatic heterocycles. The number of hydrogen-bond acceptors (Lipinski definition) is 2. The summed E-state index contributed by atoms with van der Waals surface area (Å²) in [6.07, 6.45) is 0. The third-order valence-corrected chi connectivity index (χ3v) is 14.1. The molecule has 4 nitrogen and oxygen atoms in total. The van der Waals surface area contributed by atoms with Gasteiger partial charge in [-0.2, -0.15) is 4.36 Å². The van der Waals surface area contributed by atoms with E-state index in [1.54, 1.807) is 0 Å². The Morgan fingerprint density at radius 3 is 1.56 bits per heavy atom. The highest BCUT2D eigenvalue weighted by atomic mass is 32.2. The number of para-hydroxylation sites is 2. The summed E-state index contributed by atoms with van der Waals surface area (Å²) in [5.41, 5.74) is 11.0. The lowest BCUT2D eigenvalue weighted by Gasteiger charge is -2.27. The molecule has 0 N–H and O–H groups in total. The summed E-state index contributed by atoms with van der Waals surface area (Å²) in [6, 6.07) is 74.0. The van der Waals surface area contributed by atoms with Gasteiger partial charge in [-0.25, -0.2) is 4.21 Å². The minimum atomic E-state index is -3.34. The van der Waals surface area contributed by atoms with Crippen LogP contribution < -0.4 is 0 Å². The van der Waals surface area contributed by atoms with Gasteiger partial charge in [0.05, 0.1) is 32.6 Å². The van der Waals surface area contributed by atoms with E-state index in [1.165, 1.54) is 5.39 Å². The molecule has 0 amide bonds. The molecule has 3 heterocycles. The van der Waals surface area contributed by atoms with Crippen molar-refractivity contribution in [1.29, 1.82) is 0 Å². The first-order valence-electron chi connectivity index (χ1n) is 19.9. The van der Waals surface area contributed by atoms with E-state index in [1.807, 2.05) is 48.5 Å². The summed E-state index contributed by atoms with van der Waals surface area (Å²) < 4.78 is 26.8. The molecular formula is C54H35N3OS. The summed E-state index contributed by atoms with van der Waals surface area (Å²) in [6.45, 7) is 0. The van der Waals surface area contributed by atoms with Crippen LogP contribution in [0.5, 0.6) is 0 Å². The van der Waals surface area contributed by atoms with E-state index in [9.17, 15) is 0 Å². The summed E-state index contributed by atoms with van der Waals surface area (Å²) in [7, 11) is -3.34. The standard InChI is InChI=1S/C54H35N3OS/c58-59(40-25-8-3-9-26-40)54(49(37-21-6-2-7-22-37)43-29-12-15-32-46(43)55-59)57-48-34-17-14-31-45(48)51-42-28-11-10-27-41(42)50-44-30-13-16-33-47(44)56(52(50)53(51)57)39-24-18-23-38(35-39)36-19-4-1-5-20-36/h1-35H. The van der Waals surface area contributed by atoms with Crippen molar-refractivity contribution < 1.29 is 4.21 Å². The van der Waals surface area contributed by atoms with Crippen molar-refractivity contribution in [2.24, 2.45) is 4.36 Å². The van der Waals surface area contributed by atoms with Crippen molar-refractivity contribution in [3.05, 3.63) is 223 Å². The maximum atomic E-state index is 16.7. The molecule has 278 valence electrons. The van der Waals surface area contributed by atoms with Gasteiger partial charge in [-0.05, 0) is 69.9 Å². The van der Waals surface area contributed by atoms with Crippen molar-refractivity contribution in [3.8, 4) is 16.8 Å². The zero-order chi connectivity index (χ0) is 39.1. The van der Waals surface area contributed by atoms with Crippen LogP contribution in [0.2, 0.25) is 0 Å². The van der Waals surface area contributed by atoms with Crippen molar-refractivity contribution >= 4 is 80.4 Å². The van der Waals surface area contributed by atoms with Crippen LogP contribution in [0, 0.1) is 0 Å². The molecule has 0 saturated heterocycles. The summed E-state index contributed by atoms with van der Waals surface area (Å²) >= 11 is 0. The first-order chi connectivity index (χ1) is 29.2. The molecule has 1 aliphatic heterocycles. The molecule has 0 fully saturated rings. The lowest BCUT2D eigenvalue weighted by atomic mass is 9.97. The van der Waals surface area contributed by atoms with E-state index in [4.69, 9.17) is 4.36 Å². The quantitative estimate of drug-likeness (QED) is 0.172. The number of rotatable bonds is 5. The molecule has 0 saturated carbocycles. The lowest BCUT2D eigenvalue weighted by Crippen LogP contribution is -2.16. The largest absolute Gasteiger partial charge is 0.307 e. The summed E-state index contributed by atoms with van der Waals surface area (Å²) in [4.78, 5) is 0.664. The van der Waals surface area contributed by atoms with Crippen LogP contribution in [0.15, 0.2) is 222 Å². The van der Waals surface area contributed by atoms with Gasteiger partial charge >= 0.3 is 0 Å². The van der Waals surface area contributed by atoms with Gasteiger partial charge in [0.2, 0.25) is 0 Å². The smallest absolute Gasteiger partial charge is 0.134 e. The third kappa shape index (κ3) is 4.92. The summed E-state index contributed by atoms with van der Waals surface area (Å²) in [5.74, 6) is 0. The van der Waals surface area contributed by atoms with Gasteiger partial charge < -0.3 is 4.57 Å². The SMILES string of the molecule is O=S1(c2ccccc2)=Nc2ccccc2C(c2ccccc2)=C1n1c2ccccc2c2c3ccccc3c3c4ccccc4n(-c4cccc(-c5ccccc5)c4)c3c21. The zero-order valence-electron chi connectivity index (χ0n) is 31.9. The fraction of sp³-hybridized carbons (Fsp3) is 0. The normalized spacial score (nSPS) is 15.3. The number of hydrogen-bond donors (Lipinski definition) is 0. The van der Waals surface area contributed by atoms with E-state index < -0.39 is 9.73 Å². The highest BCUT2D eigenvalue weighted by molar-refractivity contribution is 8.02. The average Bonchev–Trinajstić information content (AvgIpc) is 3.83. The number of nitrogens with zero attached hydrogens (tertiary/aromatic N) is 3. The Balaban J connectivity index is 1.37. The Hall–Kier alpha value is -7.47. The maximum absolute atomic E-state index is 16.7. The molecule has 5 heteroatoms. The molecule has 11 aromatic rings. The molecule has 1 unspecified atom stereocenters. The first-order valence-corrected chi connectivity index (χ1v) is 21.5. The monoisotopic (exact) mass is 773 g/mol. The molecule has 1 aliphatic rings. The highest BCUT2D eigenvalue weighted by Crippen LogP contribution is 2.52. The average molecular weight is 774 g/mol. The van der Waals surface area contributed by atoms with E-state index in [2.05, 4.69) is 173 Å². The van der Waals surface area contributed by atoms with Gasteiger partial charge in [0.15, 0.2) is 0 Å². The van der Waals surface area contributed by atoms with Crippen LogP contribution in [0.4, 0.5) is 5.69 Å². The Kier molecular flexibility index (Phi) is 7.43. The fourth-order valence-corrected chi connectivity index (χ4v) is 11.7. The van der Waals surface area contributed by atoms with E-state index in [-0.39, 0.29) is 0 Å². The predicted molar refractivity (Wildman–Crippen MR) is 247 cm³/mol. The Morgan fingerprint density at radius 1 is 0.407 bits per heavy atom. The Bertz CT molecular complexity index is 3650. The molecule has 0 bridgehead atoms. The van der Waals surface area contributed by atoms with Crippen LogP contribution in [-0.2, 0) is 9.73 Å². The minimum Gasteiger partial charge on any atom is -0.307 e. The molecule has 0 spiro atoms. The minimum absolute atomic E-state index is 0.659. The van der Waals surface area contributed by atoms with Gasteiger partial charge in [-0.3, -0.25) is 4.57 Å². The highest BCUT2D eigenvalue weighted by Gasteiger charge is 2.35. The van der Waals surface area contributed by atoms with Gasteiger partial charge in [0.1, 0.15) is 14.8 Å². The number of benzene rings is 9. The third-order valence-electron chi connectivity index (χ3n) is 11.9. The van der Waals surface area contributed by atoms with E-state index in [0.717, 1.165) is 82.5 Å². The van der Waals surface area contributed by atoms with Crippen LogP contribution in [0.1, 0.15) is 11.1 Å². The van der Waals surface area contributed by atoms with Crippen LogP contribution >= 0.6 is 0 Å². The Labute approximate surface area is 341 Å². The Morgan fingerprint density at radius 2 is 0.898 bits per heavy atom. The van der Waals surface area contributed by atoms with Gasteiger partial charge in [-0.1, -0.05) is 170 Å². The second kappa shape index (κ2) is 13.0. The molecule has 12 rings (SSSR count). The van der Waals surface area contributed by atoms with Crippen molar-refractivity contribution in [1.82, 2.24) is 9.13 Å². The van der Waals surface area contributed by atoms with Crippen molar-refractivity contribution in [2.75, 3.05) is 0 Å². The van der Waals surface area contributed by atoms with Crippen molar-refractivity contribution in [2.45, 2.75) is 4.90 Å². The van der Waals surface area contributed by atoms with E-state index >= 15 is 4.21 Å². The summed E-state index contributed by atoms with van der Waals surface area (Å²) in [5, 5.41) is 7.48. The first kappa shape index (κ1) is 33.6. The molecular weight excluding hydrogens is 739 g/mol. The second-order valence-corrected chi connectivity index (χ2v) is 17.2. The molecule has 1 atom stereocenters. The predicted octanol–water partition coefficient (Wildman–Crippen LogP) is 14.3. The number of aromatic nitrogens is 2. The van der Waals surface area contributed by atoms with Crippen LogP contribution in [-0.4, -0.2) is 13.3 Å². The number of fused-ring (bicyclic) bond motifs is 11. The van der Waals surface area contributed by atoms with Crippen molar-refractivity contribution in [3.63, 3.8) is 0 Å². The lowest BCUT2D eigenvalue weighted by molar-refractivity contribution is 0.682.